The van der Waals surface area contributed by atoms with Crippen LogP contribution < -0.4 is 44.0 Å². The van der Waals surface area contributed by atoms with Gasteiger partial charge in [0.05, 0.1) is 38.7 Å². The van der Waals surface area contributed by atoms with Gasteiger partial charge in [-0.3, -0.25) is 38.6 Å². The minimum absolute atomic E-state index is 0.0413. The number of rotatable bonds is 36. The van der Waals surface area contributed by atoms with Crippen molar-refractivity contribution in [2.75, 3.05) is 79.7 Å². The van der Waals surface area contributed by atoms with Crippen LogP contribution in [0.4, 0.5) is 4.79 Å². The molecule has 0 aromatic carbocycles. The first-order valence-electron chi connectivity index (χ1n) is 30.2. The molecule has 4 aliphatic heterocycles. The Hall–Kier alpha value is -5.18. The molecule has 15 N–H and O–H groups in total. The van der Waals surface area contributed by atoms with E-state index < -0.39 is 144 Å². The number of H-pyrrole nitrogens is 1. The molecule has 3 saturated heterocycles. The Balaban J connectivity index is 1.35. The highest BCUT2D eigenvalue weighted by atomic mass is 16.7. The molecule has 85 heavy (non-hydrogen) atoms. The number of nitrogens with two attached hydrogens (primary N) is 2. The van der Waals surface area contributed by atoms with Crippen LogP contribution in [0.3, 0.4) is 0 Å². The number of hydrogen-bond donors (Lipinski definition) is 13. The number of morpholine rings is 1. The zero-order chi connectivity index (χ0) is 62.5. The Morgan fingerprint density at radius 2 is 1.47 bits per heavy atom. The third kappa shape index (κ3) is 20.4. The van der Waals surface area contributed by atoms with Crippen LogP contribution in [0, 0.1) is 17.8 Å². The van der Waals surface area contributed by atoms with Gasteiger partial charge in [-0.2, -0.15) is 0 Å². The maximum atomic E-state index is 14.3. The fourth-order valence-electron chi connectivity index (χ4n) is 11.5. The van der Waals surface area contributed by atoms with Crippen LogP contribution in [0.15, 0.2) is 26.8 Å². The van der Waals surface area contributed by atoms with E-state index in [-0.39, 0.29) is 51.4 Å². The van der Waals surface area contributed by atoms with Crippen molar-refractivity contribution in [1.29, 1.82) is 0 Å². The number of quaternary nitrogens is 1. The van der Waals surface area contributed by atoms with Gasteiger partial charge in [0, 0.05) is 52.0 Å². The molecule has 0 saturated carbocycles. The summed E-state index contributed by atoms with van der Waals surface area (Å²) in [4.78, 5) is 101. The average Bonchev–Trinajstić information content (AvgIpc) is 2.64. The lowest BCUT2D eigenvalue weighted by molar-refractivity contribution is -0.917. The molecule has 0 radical (unpaired) electrons. The monoisotopic (exact) mass is 1210 g/mol. The number of aliphatic imine (C=N–C) groups is 1. The average molecular weight is 1210 g/mol. The van der Waals surface area contributed by atoms with Crippen LogP contribution in [-0.4, -0.2) is 244 Å². The van der Waals surface area contributed by atoms with Gasteiger partial charge in [0.15, 0.2) is 12.5 Å². The standard InChI is InChI=1S/C56H97N11O18/c1-32(2)38(52(75)76)63-55(79)64-39(34-18-21-59-36(58)30-34)50(74)62-40(42(69)33(3)4)49(73)60-20-17-23-65(22-15-13-11-9-7-8-10-12-14-16-25-67(5)26-28-82-29-27-67)41(53(77)78)46(85-54-48(81-6)43(70)35(31-57)83-54)47-44(71)45(72)51(84-47)66-24-19-37(68)61-56(66)80/h19,24,32-35,38-48,51,54,69-72H,7-18,20-23,25-31,57H2,1-6H3,(H8-,58,59,60,61,62,63,64,68,73,74,75,76,77,78,79,80)/p+1/t34?,35-,38?,39?,40?,41?,42?,43+,44+,45-,46-,47+,48-,51-,54?/m1/s1. The molecule has 5 heterocycles. The van der Waals surface area contributed by atoms with Crippen molar-refractivity contribution in [3.8, 4) is 0 Å². The number of aliphatic hydroxyl groups excluding tert-OH is 4. The van der Waals surface area contributed by atoms with Crippen molar-refractivity contribution in [2.45, 2.75) is 197 Å². The van der Waals surface area contributed by atoms with Crippen molar-refractivity contribution in [3.05, 3.63) is 33.1 Å². The molecule has 0 bridgehead atoms. The summed E-state index contributed by atoms with van der Waals surface area (Å²) in [5, 5.41) is 77.1. The van der Waals surface area contributed by atoms with E-state index >= 15 is 0 Å². The normalized spacial score (nSPS) is 26.3. The summed E-state index contributed by atoms with van der Waals surface area (Å²) in [5.74, 6) is -5.97. The van der Waals surface area contributed by atoms with E-state index in [0.717, 1.165) is 92.7 Å². The highest BCUT2D eigenvalue weighted by molar-refractivity contribution is 5.93. The van der Waals surface area contributed by atoms with Crippen LogP contribution >= 0.6 is 0 Å². The van der Waals surface area contributed by atoms with Gasteiger partial charge in [-0.05, 0) is 56.4 Å². The third-order valence-electron chi connectivity index (χ3n) is 16.8. The number of unbranched alkanes of at least 4 members (excludes halogenated alkanes) is 9. The first kappa shape index (κ1) is 70.6. The Morgan fingerprint density at radius 1 is 0.835 bits per heavy atom. The summed E-state index contributed by atoms with van der Waals surface area (Å²) in [6.07, 6.45) is -4.35. The second-order valence-corrected chi connectivity index (χ2v) is 24.0. The first-order valence-corrected chi connectivity index (χ1v) is 30.2. The molecule has 0 aliphatic carbocycles. The third-order valence-corrected chi connectivity index (χ3v) is 16.8. The van der Waals surface area contributed by atoms with Crippen LogP contribution in [0.25, 0.3) is 0 Å². The van der Waals surface area contributed by atoms with E-state index in [2.05, 4.69) is 38.3 Å². The number of amidine groups is 1. The lowest BCUT2D eigenvalue weighted by Crippen LogP contribution is -2.62. The van der Waals surface area contributed by atoms with Crippen molar-refractivity contribution in [3.63, 3.8) is 0 Å². The number of urea groups is 1. The van der Waals surface area contributed by atoms with Crippen LogP contribution in [0.1, 0.15) is 117 Å². The van der Waals surface area contributed by atoms with Crippen LogP contribution in [0.2, 0.25) is 0 Å². The second-order valence-electron chi connectivity index (χ2n) is 24.0. The van der Waals surface area contributed by atoms with E-state index in [1.807, 2.05) is 0 Å². The van der Waals surface area contributed by atoms with E-state index in [0.29, 0.717) is 19.3 Å². The number of amides is 4. The smallest absolute Gasteiger partial charge is 0.330 e. The summed E-state index contributed by atoms with van der Waals surface area (Å²) < 4.78 is 31.6. The van der Waals surface area contributed by atoms with Crippen LogP contribution in [0.5, 0.6) is 0 Å². The number of aromatic amines is 1. The summed E-state index contributed by atoms with van der Waals surface area (Å²) in [6.45, 7) is 11.2. The molecule has 4 aliphatic rings. The lowest BCUT2D eigenvalue weighted by atomic mass is 9.89. The predicted octanol–water partition coefficient (Wildman–Crippen LogP) is -1.71. The molecule has 7 unspecified atom stereocenters. The van der Waals surface area contributed by atoms with E-state index in [4.69, 9.17) is 35.2 Å². The minimum atomic E-state index is -1.92. The first-order chi connectivity index (χ1) is 40.4. The van der Waals surface area contributed by atoms with Gasteiger partial charge in [0.1, 0.15) is 80.0 Å². The lowest BCUT2D eigenvalue weighted by Gasteiger charge is -2.39. The van der Waals surface area contributed by atoms with Crippen molar-refractivity contribution >= 4 is 35.6 Å². The molecule has 1 aromatic rings. The number of carboxylic acids is 2. The molecule has 484 valence electrons. The maximum Gasteiger partial charge on any atom is 0.330 e. The van der Waals surface area contributed by atoms with E-state index in [1.165, 1.54) is 20.0 Å². The zero-order valence-corrected chi connectivity index (χ0v) is 50.3. The maximum absolute atomic E-state index is 14.3. The molecular formula is C56H98N11O18+. The van der Waals surface area contributed by atoms with E-state index in [9.17, 15) is 64.2 Å². The number of methoxy groups -OCH3 is 1. The Kier molecular flexibility index (Phi) is 28.6. The molecular weight excluding hydrogens is 1110 g/mol. The molecule has 5 rings (SSSR count). The zero-order valence-electron chi connectivity index (χ0n) is 50.3. The van der Waals surface area contributed by atoms with Gasteiger partial charge in [-0.15, -0.1) is 0 Å². The summed E-state index contributed by atoms with van der Waals surface area (Å²) in [7, 11) is 3.57. The Labute approximate surface area is 496 Å². The Bertz CT molecular complexity index is 2430. The number of carboxylic acid groups (broad SMARTS) is 2. The van der Waals surface area contributed by atoms with Gasteiger partial charge in [-0.25, -0.2) is 14.4 Å². The van der Waals surface area contributed by atoms with Crippen molar-refractivity contribution in [2.24, 2.45) is 34.2 Å². The molecule has 0 spiro atoms. The number of hydrogen-bond acceptors (Lipinski definition) is 20. The van der Waals surface area contributed by atoms with Crippen molar-refractivity contribution < 1.29 is 82.8 Å². The van der Waals surface area contributed by atoms with Gasteiger partial charge in [0.2, 0.25) is 11.8 Å². The number of aliphatic carboxylic acids is 2. The predicted molar refractivity (Wildman–Crippen MR) is 309 cm³/mol. The van der Waals surface area contributed by atoms with Crippen LogP contribution in [-0.2, 0) is 42.9 Å². The number of aromatic nitrogens is 2. The number of nitrogens with one attached hydrogen (secondary N) is 5. The molecule has 29 heteroatoms. The number of carbonyl (C=O) groups excluding carboxylic acids is 3. The van der Waals surface area contributed by atoms with E-state index in [1.54, 1.807) is 32.6 Å². The fraction of sp³-hybridized carbons (Fsp3) is 0.821. The van der Waals surface area contributed by atoms with Gasteiger partial charge in [0.25, 0.3) is 5.56 Å². The largest absolute Gasteiger partial charge is 0.480 e. The summed E-state index contributed by atoms with van der Waals surface area (Å²) in [6, 6.07) is -5.95. The number of likely N-dealkylation sites (N-methyl/N-ethyl adjacent to an activating group) is 1. The summed E-state index contributed by atoms with van der Waals surface area (Å²) >= 11 is 0. The number of nitrogens with zero attached hydrogens (tertiary/aromatic N) is 4. The quantitative estimate of drug-likeness (QED) is 0.0263. The minimum Gasteiger partial charge on any atom is -0.480 e. The second kappa shape index (κ2) is 34.4. The molecule has 4 amide bonds. The molecule has 1 aromatic heterocycles. The fourth-order valence-corrected chi connectivity index (χ4v) is 11.5. The number of aliphatic hydroxyl groups is 4. The molecule has 29 nitrogen and oxygen atoms in total. The van der Waals surface area contributed by atoms with Crippen molar-refractivity contribution in [1.82, 2.24) is 35.7 Å². The SMILES string of the molecule is CO[C@H]1C(O[C@H](C(C(=O)O)N(CCCCCCCCCCCC[N+]2(C)CCOCC2)CCCNC(=O)C(NC(=O)C(NC(=O)NC(C(=O)O)C(C)C)C2CCN=C(N)C2)C(O)C(C)C)[C@H]2O[C@@H](n3ccc(=O)[nH]c3=O)[C@H](O)[C@@H]2O)O[C@H](CN)[C@@H]1O. The summed E-state index contributed by atoms with van der Waals surface area (Å²) in [5.41, 5.74) is 10.2. The van der Waals surface area contributed by atoms with Gasteiger partial charge >= 0.3 is 23.7 Å². The Morgan fingerprint density at radius 3 is 2.05 bits per heavy atom. The molecule has 15 atom stereocenters. The van der Waals surface area contributed by atoms with Gasteiger partial charge < -0.3 is 91.5 Å². The topological polar surface area (TPSA) is 424 Å². The highest BCUT2D eigenvalue weighted by Gasteiger charge is 2.55. The number of ether oxygens (including phenoxy) is 5. The molecule has 3 fully saturated rings. The highest BCUT2D eigenvalue weighted by Crippen LogP contribution is 2.36. The van der Waals surface area contributed by atoms with Gasteiger partial charge in [-0.1, -0.05) is 72.6 Å². The number of carbonyl (C=O) groups is 5.